The highest BCUT2D eigenvalue weighted by atomic mass is 16.3. The van der Waals surface area contributed by atoms with Crippen LogP contribution in [0.5, 0.6) is 0 Å². The minimum atomic E-state index is -0.284. The van der Waals surface area contributed by atoms with Crippen LogP contribution < -0.4 is 5.32 Å². The van der Waals surface area contributed by atoms with Crippen molar-refractivity contribution in [3.05, 3.63) is 0 Å². The zero-order chi connectivity index (χ0) is 15.0. The number of likely N-dealkylation sites (tertiary alicyclic amines) is 1. The van der Waals surface area contributed by atoms with E-state index in [4.69, 9.17) is 0 Å². The average Bonchev–Trinajstić information content (AvgIpc) is 3.22. The highest BCUT2D eigenvalue weighted by Crippen LogP contribution is 2.40. The first-order chi connectivity index (χ1) is 9.26. The predicted molar refractivity (Wildman–Crippen MR) is 80.4 cm³/mol. The van der Waals surface area contributed by atoms with Gasteiger partial charge in [0.2, 0.25) is 5.91 Å². The fourth-order valence-corrected chi connectivity index (χ4v) is 3.18. The minimum absolute atomic E-state index is 0.124. The van der Waals surface area contributed by atoms with Gasteiger partial charge in [0.1, 0.15) is 0 Å². The first kappa shape index (κ1) is 15.8. The number of nitrogens with zero attached hydrogens (tertiary/aromatic N) is 1. The molecule has 1 amide bonds. The van der Waals surface area contributed by atoms with Crippen molar-refractivity contribution in [3.63, 3.8) is 0 Å². The third-order valence-corrected chi connectivity index (χ3v) is 4.76. The molecular formula is C16H30N2O2. The van der Waals surface area contributed by atoms with E-state index in [-0.39, 0.29) is 23.5 Å². The molecule has 20 heavy (non-hydrogen) atoms. The molecule has 1 aliphatic heterocycles. The van der Waals surface area contributed by atoms with E-state index in [0.717, 1.165) is 25.9 Å². The fourth-order valence-electron chi connectivity index (χ4n) is 3.18. The highest BCUT2D eigenvalue weighted by Gasteiger charge is 2.42. The number of carbonyl (C=O) groups excluding carboxylic acids is 1. The molecule has 1 saturated carbocycles. The van der Waals surface area contributed by atoms with Gasteiger partial charge < -0.3 is 15.3 Å². The van der Waals surface area contributed by atoms with E-state index < -0.39 is 0 Å². The SMILES string of the molecule is CC(C)(C)C(=O)N1CCC(NC(C)(CO)C2CC2)CC1. The molecule has 4 nitrogen and oxygen atoms in total. The second-order valence-electron chi connectivity index (χ2n) is 7.81. The zero-order valence-corrected chi connectivity index (χ0v) is 13.4. The lowest BCUT2D eigenvalue weighted by molar-refractivity contribution is -0.140. The van der Waals surface area contributed by atoms with Gasteiger partial charge in [-0.1, -0.05) is 20.8 Å². The van der Waals surface area contributed by atoms with Crippen LogP contribution in [-0.2, 0) is 4.79 Å². The van der Waals surface area contributed by atoms with E-state index in [1.54, 1.807) is 0 Å². The first-order valence-electron chi connectivity index (χ1n) is 7.94. The summed E-state index contributed by atoms with van der Waals surface area (Å²) in [5.74, 6) is 0.879. The van der Waals surface area contributed by atoms with Crippen LogP contribution in [0.4, 0.5) is 0 Å². The van der Waals surface area contributed by atoms with Crippen LogP contribution in [0.1, 0.15) is 53.4 Å². The van der Waals surface area contributed by atoms with Crippen LogP contribution in [-0.4, -0.2) is 47.2 Å². The topological polar surface area (TPSA) is 52.6 Å². The summed E-state index contributed by atoms with van der Waals surface area (Å²) in [6.07, 6.45) is 4.44. The maximum Gasteiger partial charge on any atom is 0.227 e. The lowest BCUT2D eigenvalue weighted by Crippen LogP contribution is -2.56. The predicted octanol–water partition coefficient (Wildman–Crippen LogP) is 1.77. The van der Waals surface area contributed by atoms with Crippen LogP contribution in [0.25, 0.3) is 0 Å². The van der Waals surface area contributed by atoms with Gasteiger partial charge >= 0.3 is 0 Å². The molecule has 4 heteroatoms. The summed E-state index contributed by atoms with van der Waals surface area (Å²) >= 11 is 0. The summed E-state index contributed by atoms with van der Waals surface area (Å²) in [7, 11) is 0. The highest BCUT2D eigenvalue weighted by molar-refractivity contribution is 5.81. The molecule has 1 heterocycles. The molecule has 0 aromatic rings. The summed E-state index contributed by atoms with van der Waals surface area (Å²) in [5.41, 5.74) is -0.408. The number of aliphatic hydroxyl groups is 1. The second kappa shape index (κ2) is 5.64. The van der Waals surface area contributed by atoms with Gasteiger partial charge in [-0.3, -0.25) is 4.79 Å². The van der Waals surface area contributed by atoms with Crippen LogP contribution in [0, 0.1) is 11.3 Å². The number of nitrogens with one attached hydrogen (secondary N) is 1. The summed E-state index contributed by atoms with van der Waals surface area (Å²) in [4.78, 5) is 14.2. The van der Waals surface area contributed by atoms with Crippen molar-refractivity contribution in [2.75, 3.05) is 19.7 Å². The van der Waals surface area contributed by atoms with Crippen LogP contribution >= 0.6 is 0 Å². The number of carbonyl (C=O) groups is 1. The summed E-state index contributed by atoms with van der Waals surface area (Å²) in [5, 5.41) is 13.3. The third-order valence-electron chi connectivity index (χ3n) is 4.76. The van der Waals surface area contributed by atoms with Crippen LogP contribution in [0.15, 0.2) is 0 Å². The largest absolute Gasteiger partial charge is 0.394 e. The van der Waals surface area contributed by atoms with Crippen molar-refractivity contribution in [1.29, 1.82) is 0 Å². The number of hydrogen-bond donors (Lipinski definition) is 2. The van der Waals surface area contributed by atoms with Crippen molar-refractivity contribution >= 4 is 5.91 Å². The average molecular weight is 282 g/mol. The normalized spacial score (nSPS) is 24.6. The van der Waals surface area contributed by atoms with Gasteiger partial charge in [0.05, 0.1) is 6.61 Å². The molecule has 1 aliphatic carbocycles. The maximum absolute atomic E-state index is 12.3. The van der Waals surface area contributed by atoms with E-state index in [0.29, 0.717) is 12.0 Å². The minimum Gasteiger partial charge on any atom is -0.394 e. The smallest absolute Gasteiger partial charge is 0.227 e. The molecule has 1 unspecified atom stereocenters. The Balaban J connectivity index is 1.84. The van der Waals surface area contributed by atoms with Gasteiger partial charge in [-0.15, -0.1) is 0 Å². The molecule has 0 spiro atoms. The second-order valence-corrected chi connectivity index (χ2v) is 7.81. The molecule has 0 radical (unpaired) electrons. The number of rotatable bonds is 4. The Bertz CT molecular complexity index is 352. The summed E-state index contributed by atoms with van der Waals surface area (Å²) in [6.45, 7) is 9.96. The molecule has 1 atom stereocenters. The number of hydrogen-bond acceptors (Lipinski definition) is 3. The van der Waals surface area contributed by atoms with Crippen molar-refractivity contribution < 1.29 is 9.90 Å². The third kappa shape index (κ3) is 3.53. The Morgan fingerprint density at radius 2 is 1.70 bits per heavy atom. The first-order valence-corrected chi connectivity index (χ1v) is 7.94. The molecule has 2 N–H and O–H groups in total. The van der Waals surface area contributed by atoms with Gasteiger partial charge in [-0.25, -0.2) is 0 Å². The molecule has 2 fully saturated rings. The summed E-state index contributed by atoms with van der Waals surface area (Å²) < 4.78 is 0. The Morgan fingerprint density at radius 3 is 2.10 bits per heavy atom. The monoisotopic (exact) mass is 282 g/mol. The number of amides is 1. The Kier molecular flexibility index (Phi) is 4.45. The Hall–Kier alpha value is -0.610. The Morgan fingerprint density at radius 1 is 1.15 bits per heavy atom. The molecule has 2 aliphatic rings. The van der Waals surface area contributed by atoms with E-state index in [1.165, 1.54) is 12.8 Å². The van der Waals surface area contributed by atoms with Crippen molar-refractivity contribution in [2.24, 2.45) is 11.3 Å². The molecule has 116 valence electrons. The fraction of sp³-hybridized carbons (Fsp3) is 0.938. The lowest BCUT2D eigenvalue weighted by atomic mass is 9.91. The number of aliphatic hydroxyl groups excluding tert-OH is 1. The molecule has 1 saturated heterocycles. The van der Waals surface area contributed by atoms with E-state index in [1.807, 2.05) is 25.7 Å². The molecule has 0 bridgehead atoms. The van der Waals surface area contributed by atoms with Crippen molar-refractivity contribution in [2.45, 2.75) is 65.0 Å². The Labute approximate surface area is 122 Å². The van der Waals surface area contributed by atoms with Gasteiger partial charge in [-0.05, 0) is 38.5 Å². The van der Waals surface area contributed by atoms with E-state index >= 15 is 0 Å². The van der Waals surface area contributed by atoms with Crippen molar-refractivity contribution in [1.82, 2.24) is 10.2 Å². The molecule has 0 aromatic carbocycles. The lowest BCUT2D eigenvalue weighted by Gasteiger charge is -2.40. The van der Waals surface area contributed by atoms with Crippen LogP contribution in [0.2, 0.25) is 0 Å². The van der Waals surface area contributed by atoms with Gasteiger partial charge in [-0.2, -0.15) is 0 Å². The number of piperidine rings is 1. The van der Waals surface area contributed by atoms with E-state index in [2.05, 4.69) is 12.2 Å². The molecule has 2 rings (SSSR count). The van der Waals surface area contributed by atoms with Gasteiger partial charge in [0, 0.05) is 30.1 Å². The van der Waals surface area contributed by atoms with Gasteiger partial charge in [0.15, 0.2) is 0 Å². The van der Waals surface area contributed by atoms with Crippen molar-refractivity contribution in [3.8, 4) is 0 Å². The van der Waals surface area contributed by atoms with Gasteiger partial charge in [0.25, 0.3) is 0 Å². The zero-order valence-electron chi connectivity index (χ0n) is 13.4. The molecule has 0 aromatic heterocycles. The standard InChI is InChI=1S/C16H30N2O2/c1-15(2,3)14(20)18-9-7-13(8-10-18)17-16(4,11-19)12-5-6-12/h12-13,17,19H,5-11H2,1-4H3. The quantitative estimate of drug-likeness (QED) is 0.826. The van der Waals surface area contributed by atoms with E-state index in [9.17, 15) is 9.90 Å². The maximum atomic E-state index is 12.3. The summed E-state index contributed by atoms with van der Waals surface area (Å²) in [6, 6.07) is 0.428. The van der Waals surface area contributed by atoms with Crippen LogP contribution in [0.3, 0.4) is 0 Å². The molecular weight excluding hydrogens is 252 g/mol.